The minimum absolute atomic E-state index is 0.00717. The van der Waals surface area contributed by atoms with Crippen LogP contribution >= 0.6 is 11.3 Å². The molecule has 0 spiro atoms. The topological polar surface area (TPSA) is 126 Å². The number of carbonyl (C=O) groups is 2. The van der Waals surface area contributed by atoms with Crippen LogP contribution in [0, 0.1) is 0 Å². The van der Waals surface area contributed by atoms with Crippen molar-refractivity contribution < 1.29 is 22.7 Å². The first-order chi connectivity index (χ1) is 14.7. The molecule has 0 aliphatic rings. The SMILES string of the molecule is CC(C)(C)OC(=O)NCCNS(=O)(=O)c1cccc(NC(=O)c2cnc(C(C)(C)C)s2)c1. The second-order valence-corrected chi connectivity index (χ2v) is 11.9. The van der Waals surface area contributed by atoms with Crippen LogP contribution in [-0.2, 0) is 20.2 Å². The highest BCUT2D eigenvalue weighted by atomic mass is 32.2. The van der Waals surface area contributed by atoms with Crippen LogP contribution in [0.5, 0.6) is 0 Å². The van der Waals surface area contributed by atoms with Crippen molar-refractivity contribution in [2.75, 3.05) is 18.4 Å². The van der Waals surface area contributed by atoms with Gasteiger partial charge in [0.15, 0.2) is 0 Å². The third kappa shape index (κ3) is 7.88. The summed E-state index contributed by atoms with van der Waals surface area (Å²) in [6.45, 7) is 11.3. The first-order valence-corrected chi connectivity index (χ1v) is 12.3. The number of thiazole rings is 1. The number of aromatic nitrogens is 1. The molecule has 2 aromatic rings. The van der Waals surface area contributed by atoms with Gasteiger partial charge < -0.3 is 15.4 Å². The van der Waals surface area contributed by atoms with Crippen LogP contribution < -0.4 is 15.4 Å². The van der Waals surface area contributed by atoms with Gasteiger partial charge in [-0.15, -0.1) is 11.3 Å². The Kier molecular flexibility index (Phi) is 8.02. The molecule has 0 saturated carbocycles. The molecule has 0 atom stereocenters. The number of rotatable bonds is 7. The second kappa shape index (κ2) is 9.97. The molecule has 0 unspecified atom stereocenters. The predicted molar refractivity (Wildman–Crippen MR) is 125 cm³/mol. The number of amides is 2. The van der Waals surface area contributed by atoms with E-state index in [2.05, 4.69) is 20.3 Å². The van der Waals surface area contributed by atoms with Crippen molar-refractivity contribution in [3.63, 3.8) is 0 Å². The maximum Gasteiger partial charge on any atom is 0.407 e. The average molecular weight is 483 g/mol. The van der Waals surface area contributed by atoms with E-state index in [1.165, 1.54) is 35.7 Å². The number of ether oxygens (including phenoxy) is 1. The molecule has 1 aromatic heterocycles. The summed E-state index contributed by atoms with van der Waals surface area (Å²) >= 11 is 1.30. The third-order valence-electron chi connectivity index (χ3n) is 3.86. The molecular formula is C21H30N4O5S2. The van der Waals surface area contributed by atoms with Crippen LogP contribution in [-0.4, -0.2) is 44.1 Å². The van der Waals surface area contributed by atoms with E-state index >= 15 is 0 Å². The van der Waals surface area contributed by atoms with Crippen molar-refractivity contribution in [2.24, 2.45) is 0 Å². The average Bonchev–Trinajstić information content (AvgIpc) is 3.15. The van der Waals surface area contributed by atoms with E-state index in [9.17, 15) is 18.0 Å². The zero-order valence-corrected chi connectivity index (χ0v) is 20.7. The molecule has 3 N–H and O–H groups in total. The number of alkyl carbamates (subject to hydrolysis) is 1. The molecule has 0 aliphatic carbocycles. The smallest absolute Gasteiger partial charge is 0.407 e. The molecule has 11 heteroatoms. The van der Waals surface area contributed by atoms with E-state index < -0.39 is 21.7 Å². The van der Waals surface area contributed by atoms with Gasteiger partial charge in [-0.1, -0.05) is 26.8 Å². The van der Waals surface area contributed by atoms with E-state index in [1.807, 2.05) is 20.8 Å². The normalized spacial score (nSPS) is 12.3. The molecule has 176 valence electrons. The summed E-state index contributed by atoms with van der Waals surface area (Å²) in [6, 6.07) is 5.93. The molecule has 0 radical (unpaired) electrons. The summed E-state index contributed by atoms with van der Waals surface area (Å²) in [5, 5.41) is 6.02. The molecule has 9 nitrogen and oxygen atoms in total. The van der Waals surface area contributed by atoms with Crippen molar-refractivity contribution >= 4 is 39.0 Å². The first-order valence-electron chi connectivity index (χ1n) is 10.0. The summed E-state index contributed by atoms with van der Waals surface area (Å²) in [5.41, 5.74) is -0.459. The molecule has 2 amide bonds. The van der Waals surface area contributed by atoms with Gasteiger partial charge >= 0.3 is 6.09 Å². The van der Waals surface area contributed by atoms with Crippen molar-refractivity contribution in [3.8, 4) is 0 Å². The van der Waals surface area contributed by atoms with Gasteiger partial charge in [0.1, 0.15) is 10.5 Å². The van der Waals surface area contributed by atoms with Crippen molar-refractivity contribution in [1.82, 2.24) is 15.0 Å². The predicted octanol–water partition coefficient (Wildman–Crippen LogP) is 3.50. The molecule has 0 saturated heterocycles. The second-order valence-electron chi connectivity index (χ2n) is 9.09. The van der Waals surface area contributed by atoms with Gasteiger partial charge in [0.25, 0.3) is 5.91 Å². The maximum absolute atomic E-state index is 12.6. The molecule has 32 heavy (non-hydrogen) atoms. The highest BCUT2D eigenvalue weighted by Crippen LogP contribution is 2.27. The standard InChI is InChI=1S/C21H30N4O5S2/c1-20(2,3)18-23-13-16(31-18)17(26)25-14-8-7-9-15(12-14)32(28,29)24-11-10-22-19(27)30-21(4,5)6/h7-9,12-13,24H,10-11H2,1-6H3,(H,22,27)(H,25,26). The number of nitrogens with one attached hydrogen (secondary N) is 3. The highest BCUT2D eigenvalue weighted by molar-refractivity contribution is 7.89. The van der Waals surface area contributed by atoms with E-state index in [4.69, 9.17) is 4.74 Å². The molecule has 0 fully saturated rings. The minimum atomic E-state index is -3.83. The van der Waals surface area contributed by atoms with Crippen molar-refractivity contribution in [1.29, 1.82) is 0 Å². The van der Waals surface area contributed by atoms with E-state index in [0.29, 0.717) is 10.6 Å². The van der Waals surface area contributed by atoms with E-state index in [-0.39, 0.29) is 29.3 Å². The van der Waals surface area contributed by atoms with Crippen molar-refractivity contribution in [3.05, 3.63) is 40.3 Å². The molecule has 0 aliphatic heterocycles. The Hall–Kier alpha value is -2.50. The summed E-state index contributed by atoms with van der Waals surface area (Å²) in [7, 11) is -3.83. The lowest BCUT2D eigenvalue weighted by molar-refractivity contribution is 0.0528. The number of hydrogen-bond donors (Lipinski definition) is 3. The Morgan fingerprint density at radius 2 is 1.78 bits per heavy atom. The van der Waals surface area contributed by atoms with Gasteiger partial charge in [-0.25, -0.2) is 22.9 Å². The number of sulfonamides is 1. The van der Waals surface area contributed by atoms with Crippen LogP contribution in [0.1, 0.15) is 56.2 Å². The van der Waals surface area contributed by atoms with Crippen LogP contribution in [0.3, 0.4) is 0 Å². The summed E-state index contributed by atoms with van der Waals surface area (Å²) in [5.74, 6) is -0.359. The molecule has 2 rings (SSSR count). The van der Waals surface area contributed by atoms with E-state index in [1.54, 1.807) is 26.8 Å². The van der Waals surface area contributed by atoms with Gasteiger partial charge in [0.05, 0.1) is 16.1 Å². The Bertz CT molecular complexity index is 1070. The highest BCUT2D eigenvalue weighted by Gasteiger charge is 2.21. The van der Waals surface area contributed by atoms with Gasteiger partial charge in [-0.2, -0.15) is 0 Å². The lowest BCUT2D eigenvalue weighted by atomic mass is 9.98. The Balaban J connectivity index is 1.96. The van der Waals surface area contributed by atoms with Crippen molar-refractivity contribution in [2.45, 2.75) is 57.5 Å². The van der Waals surface area contributed by atoms with Crippen LogP contribution in [0.4, 0.5) is 10.5 Å². The molecule has 1 aromatic carbocycles. The zero-order valence-electron chi connectivity index (χ0n) is 19.1. The van der Waals surface area contributed by atoms with Gasteiger partial charge in [-0.3, -0.25) is 4.79 Å². The number of anilines is 1. The number of nitrogens with zero attached hydrogens (tertiary/aromatic N) is 1. The zero-order chi connectivity index (χ0) is 24.2. The Morgan fingerprint density at radius 1 is 1.09 bits per heavy atom. The van der Waals surface area contributed by atoms with Crippen LogP contribution in [0.15, 0.2) is 35.4 Å². The van der Waals surface area contributed by atoms with Crippen LogP contribution in [0.2, 0.25) is 0 Å². The van der Waals surface area contributed by atoms with Gasteiger partial charge in [-0.05, 0) is 39.0 Å². The largest absolute Gasteiger partial charge is 0.444 e. The maximum atomic E-state index is 12.6. The lowest BCUT2D eigenvalue weighted by Crippen LogP contribution is -2.37. The molecular weight excluding hydrogens is 452 g/mol. The van der Waals surface area contributed by atoms with E-state index in [0.717, 1.165) is 5.01 Å². The fourth-order valence-electron chi connectivity index (χ4n) is 2.41. The summed E-state index contributed by atoms with van der Waals surface area (Å²) < 4.78 is 32.6. The molecule has 0 bridgehead atoms. The first kappa shape index (κ1) is 25.8. The van der Waals surface area contributed by atoms with Crippen LogP contribution in [0.25, 0.3) is 0 Å². The number of benzene rings is 1. The Morgan fingerprint density at radius 3 is 2.38 bits per heavy atom. The Labute approximate surface area is 193 Å². The minimum Gasteiger partial charge on any atom is -0.444 e. The van der Waals surface area contributed by atoms with Gasteiger partial charge in [0, 0.05) is 24.2 Å². The fraction of sp³-hybridized carbons (Fsp3) is 0.476. The molecule has 1 heterocycles. The number of carbonyl (C=O) groups excluding carboxylic acids is 2. The quantitative estimate of drug-likeness (QED) is 0.519. The number of hydrogen-bond acceptors (Lipinski definition) is 7. The fourth-order valence-corrected chi connectivity index (χ4v) is 4.35. The summed E-state index contributed by atoms with van der Waals surface area (Å²) in [4.78, 5) is 28.9. The third-order valence-corrected chi connectivity index (χ3v) is 6.74. The summed E-state index contributed by atoms with van der Waals surface area (Å²) in [6.07, 6.45) is 0.888. The lowest BCUT2D eigenvalue weighted by Gasteiger charge is -2.19. The monoisotopic (exact) mass is 482 g/mol. The van der Waals surface area contributed by atoms with Gasteiger partial charge in [0.2, 0.25) is 10.0 Å².